The van der Waals surface area contributed by atoms with Gasteiger partial charge in [-0.05, 0) is 18.8 Å². The molecule has 3 heteroatoms. The molecule has 0 aromatic heterocycles. The number of nitrogens with zero attached hydrogens (tertiary/aromatic N) is 1. The number of amides is 1. The summed E-state index contributed by atoms with van der Waals surface area (Å²) in [5, 5.41) is 8.83. The second kappa shape index (κ2) is 4.12. The predicted molar refractivity (Wildman–Crippen MR) is 51.4 cm³/mol. The molecule has 0 aromatic rings. The van der Waals surface area contributed by atoms with Gasteiger partial charge in [-0.2, -0.15) is 0 Å². The Morgan fingerprint density at radius 1 is 1.92 bits per heavy atom. The van der Waals surface area contributed by atoms with E-state index >= 15 is 0 Å². The van der Waals surface area contributed by atoms with Crippen LogP contribution in [0.5, 0.6) is 0 Å². The van der Waals surface area contributed by atoms with E-state index in [4.69, 9.17) is 5.11 Å². The van der Waals surface area contributed by atoms with Crippen molar-refractivity contribution in [2.75, 3.05) is 6.54 Å². The highest BCUT2D eigenvalue weighted by Crippen LogP contribution is 2.22. The zero-order valence-corrected chi connectivity index (χ0v) is 7.86. The molecule has 1 N–H and O–H groups in total. The van der Waals surface area contributed by atoms with Crippen molar-refractivity contribution in [3.8, 4) is 0 Å². The van der Waals surface area contributed by atoms with Crippen molar-refractivity contribution >= 4 is 6.09 Å². The van der Waals surface area contributed by atoms with Gasteiger partial charge in [-0.15, -0.1) is 6.58 Å². The van der Waals surface area contributed by atoms with Crippen LogP contribution in [0.15, 0.2) is 24.4 Å². The van der Waals surface area contributed by atoms with Crippen LogP contribution in [0.1, 0.15) is 19.8 Å². The summed E-state index contributed by atoms with van der Waals surface area (Å²) in [5.41, 5.74) is 0.917. The Hall–Kier alpha value is -1.25. The summed E-state index contributed by atoms with van der Waals surface area (Å²) in [5.74, 6) is 0.339. The van der Waals surface area contributed by atoms with Crippen molar-refractivity contribution in [3.63, 3.8) is 0 Å². The summed E-state index contributed by atoms with van der Waals surface area (Å²) in [6.45, 7) is 6.32. The normalized spacial score (nSPS) is 18.2. The molecule has 1 heterocycles. The van der Waals surface area contributed by atoms with Crippen LogP contribution in [0.25, 0.3) is 0 Å². The molecule has 0 saturated carbocycles. The molecular weight excluding hydrogens is 166 g/mol. The minimum Gasteiger partial charge on any atom is -0.465 e. The second-order valence-electron chi connectivity index (χ2n) is 3.34. The van der Waals surface area contributed by atoms with Gasteiger partial charge < -0.3 is 5.11 Å². The van der Waals surface area contributed by atoms with Crippen LogP contribution in [0.4, 0.5) is 4.79 Å². The smallest absolute Gasteiger partial charge is 0.411 e. The molecule has 0 spiro atoms. The molecular formula is C10H15NO2. The van der Waals surface area contributed by atoms with E-state index < -0.39 is 6.09 Å². The second-order valence-corrected chi connectivity index (χ2v) is 3.34. The first-order valence-electron chi connectivity index (χ1n) is 4.47. The molecule has 13 heavy (non-hydrogen) atoms. The number of hydrogen-bond acceptors (Lipinski definition) is 1. The molecule has 0 fully saturated rings. The lowest BCUT2D eigenvalue weighted by atomic mass is 10.1. The summed E-state index contributed by atoms with van der Waals surface area (Å²) in [6, 6.07) is 0. The van der Waals surface area contributed by atoms with Crippen LogP contribution >= 0.6 is 0 Å². The number of carboxylic acid groups (broad SMARTS) is 1. The van der Waals surface area contributed by atoms with Crippen molar-refractivity contribution in [2.24, 2.45) is 5.92 Å². The average Bonchev–Trinajstić information content (AvgIpc) is 2.52. The summed E-state index contributed by atoms with van der Waals surface area (Å²) < 4.78 is 0. The molecule has 0 aromatic carbocycles. The van der Waals surface area contributed by atoms with Crippen molar-refractivity contribution in [2.45, 2.75) is 19.8 Å². The van der Waals surface area contributed by atoms with Crippen molar-refractivity contribution in [3.05, 3.63) is 24.4 Å². The quantitative estimate of drug-likeness (QED) is 0.679. The molecule has 1 rings (SSSR count). The highest BCUT2D eigenvalue weighted by atomic mass is 16.4. The molecule has 1 unspecified atom stereocenters. The van der Waals surface area contributed by atoms with Gasteiger partial charge in [0.1, 0.15) is 0 Å². The summed E-state index contributed by atoms with van der Waals surface area (Å²) in [7, 11) is 0. The molecule has 1 aliphatic heterocycles. The third-order valence-electron chi connectivity index (χ3n) is 2.24. The van der Waals surface area contributed by atoms with E-state index in [-0.39, 0.29) is 0 Å². The first-order chi connectivity index (χ1) is 6.15. The minimum absolute atomic E-state index is 0.339. The van der Waals surface area contributed by atoms with E-state index in [9.17, 15) is 4.79 Å². The highest BCUT2D eigenvalue weighted by molar-refractivity contribution is 5.68. The average molecular weight is 181 g/mol. The SMILES string of the molecule is C=CC(C)CC1=CCCN1C(=O)O. The Morgan fingerprint density at radius 3 is 3.15 bits per heavy atom. The zero-order chi connectivity index (χ0) is 9.84. The van der Waals surface area contributed by atoms with Gasteiger partial charge >= 0.3 is 6.09 Å². The van der Waals surface area contributed by atoms with E-state index in [0.717, 1.165) is 18.5 Å². The highest BCUT2D eigenvalue weighted by Gasteiger charge is 2.21. The van der Waals surface area contributed by atoms with Crippen LogP contribution < -0.4 is 0 Å². The Kier molecular flexibility index (Phi) is 3.12. The topological polar surface area (TPSA) is 40.5 Å². The molecule has 0 radical (unpaired) electrons. The number of hydrogen-bond donors (Lipinski definition) is 1. The number of allylic oxidation sites excluding steroid dienone is 2. The number of rotatable bonds is 3. The maximum atomic E-state index is 10.7. The maximum absolute atomic E-state index is 10.7. The van der Waals surface area contributed by atoms with Crippen molar-refractivity contribution < 1.29 is 9.90 Å². The van der Waals surface area contributed by atoms with Crippen LogP contribution in [0, 0.1) is 5.92 Å². The van der Waals surface area contributed by atoms with Gasteiger partial charge in [-0.1, -0.05) is 19.1 Å². The molecule has 1 atom stereocenters. The van der Waals surface area contributed by atoms with Gasteiger partial charge in [0.25, 0.3) is 0 Å². The Bertz CT molecular complexity index is 245. The Morgan fingerprint density at radius 2 is 2.62 bits per heavy atom. The van der Waals surface area contributed by atoms with Gasteiger partial charge in [0.05, 0.1) is 0 Å². The van der Waals surface area contributed by atoms with Gasteiger partial charge in [0.15, 0.2) is 0 Å². The van der Waals surface area contributed by atoms with E-state index in [1.165, 1.54) is 4.90 Å². The third-order valence-corrected chi connectivity index (χ3v) is 2.24. The summed E-state index contributed by atoms with van der Waals surface area (Å²) >= 11 is 0. The van der Waals surface area contributed by atoms with Gasteiger partial charge in [-0.3, -0.25) is 4.90 Å². The van der Waals surface area contributed by atoms with Crippen LogP contribution in [-0.4, -0.2) is 22.6 Å². The van der Waals surface area contributed by atoms with Crippen molar-refractivity contribution in [1.29, 1.82) is 0 Å². The fourth-order valence-electron chi connectivity index (χ4n) is 1.44. The van der Waals surface area contributed by atoms with Crippen LogP contribution in [0.2, 0.25) is 0 Å². The first kappa shape index (κ1) is 9.84. The lowest BCUT2D eigenvalue weighted by Crippen LogP contribution is -2.26. The fourth-order valence-corrected chi connectivity index (χ4v) is 1.44. The first-order valence-corrected chi connectivity index (χ1v) is 4.47. The van der Waals surface area contributed by atoms with Gasteiger partial charge in [0.2, 0.25) is 0 Å². The summed E-state index contributed by atoms with van der Waals surface area (Å²) in [4.78, 5) is 12.2. The monoisotopic (exact) mass is 181 g/mol. The minimum atomic E-state index is -0.847. The molecule has 0 aliphatic carbocycles. The molecule has 0 saturated heterocycles. The van der Waals surface area contributed by atoms with Crippen LogP contribution in [0.3, 0.4) is 0 Å². The predicted octanol–water partition coefficient (Wildman–Crippen LogP) is 2.47. The lowest BCUT2D eigenvalue weighted by Gasteiger charge is -2.17. The summed E-state index contributed by atoms with van der Waals surface area (Å²) in [6.07, 6.45) is 4.61. The zero-order valence-electron chi connectivity index (χ0n) is 7.86. The fraction of sp³-hybridized carbons (Fsp3) is 0.500. The Balaban J connectivity index is 2.58. The molecule has 1 amide bonds. The van der Waals surface area contributed by atoms with E-state index in [1.807, 2.05) is 19.1 Å². The van der Waals surface area contributed by atoms with E-state index in [1.54, 1.807) is 0 Å². The third kappa shape index (κ3) is 2.34. The Labute approximate surface area is 78.4 Å². The van der Waals surface area contributed by atoms with Crippen LogP contribution in [-0.2, 0) is 0 Å². The standard InChI is InChI=1S/C10H15NO2/c1-3-8(2)7-9-5-4-6-11(9)10(12)13/h3,5,8H,1,4,6-7H2,2H3,(H,12,13). The molecule has 3 nitrogen and oxygen atoms in total. The van der Waals surface area contributed by atoms with E-state index in [0.29, 0.717) is 12.5 Å². The van der Waals surface area contributed by atoms with E-state index in [2.05, 4.69) is 6.58 Å². The van der Waals surface area contributed by atoms with Gasteiger partial charge in [-0.25, -0.2) is 4.79 Å². The maximum Gasteiger partial charge on any atom is 0.411 e. The molecule has 1 aliphatic rings. The van der Waals surface area contributed by atoms with Gasteiger partial charge in [0, 0.05) is 12.2 Å². The number of carbonyl (C=O) groups is 1. The lowest BCUT2D eigenvalue weighted by molar-refractivity contribution is 0.160. The largest absolute Gasteiger partial charge is 0.465 e. The molecule has 0 bridgehead atoms. The molecule has 72 valence electrons. The van der Waals surface area contributed by atoms with Crippen molar-refractivity contribution in [1.82, 2.24) is 4.90 Å².